The Bertz CT molecular complexity index is 409. The Morgan fingerprint density at radius 1 is 1.56 bits per heavy atom. The number of carbonyl (C=O) groups is 1. The van der Waals surface area contributed by atoms with Gasteiger partial charge in [-0.2, -0.15) is 0 Å². The predicted octanol–water partition coefficient (Wildman–Crippen LogP) is 1.74. The number of amides is 1. The summed E-state index contributed by atoms with van der Waals surface area (Å²) in [6.45, 7) is 0.749. The quantitative estimate of drug-likeness (QED) is 0.802. The minimum Gasteiger partial charge on any atom is -0.481 e. The molecule has 0 bridgehead atoms. The predicted molar refractivity (Wildman–Crippen MR) is 60.8 cm³/mol. The van der Waals surface area contributed by atoms with E-state index in [0.717, 1.165) is 24.9 Å². The average Bonchev–Trinajstić information content (AvgIpc) is 2.30. The molecule has 0 spiro atoms. The highest BCUT2D eigenvalue weighted by Gasteiger charge is 2.27. The summed E-state index contributed by atoms with van der Waals surface area (Å²) in [5, 5.41) is 3.21. The molecule has 2 heterocycles. The van der Waals surface area contributed by atoms with Crippen LogP contribution in [0.4, 0.5) is 0 Å². The van der Waals surface area contributed by atoms with Gasteiger partial charge in [0.2, 0.25) is 11.8 Å². The monoisotopic (exact) mass is 240 g/mol. The Kier molecular flexibility index (Phi) is 3.29. The first-order chi connectivity index (χ1) is 7.72. The Balaban J connectivity index is 2.34. The van der Waals surface area contributed by atoms with E-state index in [1.54, 1.807) is 6.07 Å². The van der Waals surface area contributed by atoms with Gasteiger partial charge in [0, 0.05) is 12.1 Å². The maximum Gasteiger partial charge on any atom is 0.227 e. The van der Waals surface area contributed by atoms with Crippen molar-refractivity contribution in [1.82, 2.24) is 10.3 Å². The number of carbonyl (C=O) groups excluding carboxylic acids is 1. The second kappa shape index (κ2) is 4.70. The topological polar surface area (TPSA) is 51.2 Å². The third kappa shape index (κ3) is 2.11. The number of rotatable bonds is 2. The second-order valence-electron chi connectivity index (χ2n) is 3.72. The molecule has 5 heteroatoms. The van der Waals surface area contributed by atoms with Crippen LogP contribution in [0.2, 0.25) is 5.15 Å². The van der Waals surface area contributed by atoms with Gasteiger partial charge in [0.15, 0.2) is 0 Å². The molecule has 1 fully saturated rings. The smallest absolute Gasteiger partial charge is 0.227 e. The van der Waals surface area contributed by atoms with Crippen LogP contribution in [0.25, 0.3) is 0 Å². The summed E-state index contributed by atoms with van der Waals surface area (Å²) in [5.41, 5.74) is 0.809. The number of methoxy groups -OCH3 is 1. The molecule has 16 heavy (non-hydrogen) atoms. The van der Waals surface area contributed by atoms with Crippen LogP contribution in [0.3, 0.4) is 0 Å². The van der Waals surface area contributed by atoms with E-state index in [-0.39, 0.29) is 11.8 Å². The standard InChI is InChI=1S/C11H13ClN2O2/c1-16-11-8(4-5-9(12)14-11)7-3-2-6-13-10(7)15/h4-5,7H,2-3,6H2,1H3,(H,13,15). The summed E-state index contributed by atoms with van der Waals surface area (Å²) in [7, 11) is 1.53. The molecule has 0 aliphatic carbocycles. The van der Waals surface area contributed by atoms with E-state index in [0.29, 0.717) is 11.0 Å². The first kappa shape index (κ1) is 11.2. The molecule has 1 aromatic rings. The van der Waals surface area contributed by atoms with Gasteiger partial charge in [0.05, 0.1) is 13.0 Å². The maximum atomic E-state index is 11.7. The molecule has 1 aromatic heterocycles. The molecule has 1 saturated heterocycles. The van der Waals surface area contributed by atoms with Gasteiger partial charge in [-0.3, -0.25) is 4.79 Å². The molecule has 0 saturated carbocycles. The van der Waals surface area contributed by atoms with Crippen molar-refractivity contribution in [3.8, 4) is 5.88 Å². The zero-order valence-corrected chi connectivity index (χ0v) is 9.75. The summed E-state index contributed by atoms with van der Waals surface area (Å²) >= 11 is 5.78. The van der Waals surface area contributed by atoms with Gasteiger partial charge in [-0.15, -0.1) is 0 Å². The number of halogens is 1. The van der Waals surface area contributed by atoms with Crippen LogP contribution in [0.1, 0.15) is 24.3 Å². The van der Waals surface area contributed by atoms with Crippen LogP contribution < -0.4 is 10.1 Å². The fourth-order valence-electron chi connectivity index (χ4n) is 1.93. The highest BCUT2D eigenvalue weighted by molar-refractivity contribution is 6.29. The van der Waals surface area contributed by atoms with Gasteiger partial charge in [0.25, 0.3) is 0 Å². The van der Waals surface area contributed by atoms with E-state index in [4.69, 9.17) is 16.3 Å². The first-order valence-electron chi connectivity index (χ1n) is 5.20. The zero-order chi connectivity index (χ0) is 11.5. The molecule has 1 amide bonds. The first-order valence-corrected chi connectivity index (χ1v) is 5.58. The summed E-state index contributed by atoms with van der Waals surface area (Å²) in [6.07, 6.45) is 1.80. The van der Waals surface area contributed by atoms with Gasteiger partial charge in [-0.25, -0.2) is 4.98 Å². The number of ether oxygens (including phenoxy) is 1. The largest absolute Gasteiger partial charge is 0.481 e. The molecule has 1 atom stereocenters. The lowest BCUT2D eigenvalue weighted by atomic mass is 9.91. The van der Waals surface area contributed by atoms with Crippen molar-refractivity contribution < 1.29 is 9.53 Å². The lowest BCUT2D eigenvalue weighted by Crippen LogP contribution is -2.35. The lowest BCUT2D eigenvalue weighted by molar-refractivity contribution is -0.123. The third-order valence-electron chi connectivity index (χ3n) is 2.71. The zero-order valence-electron chi connectivity index (χ0n) is 9.00. The lowest BCUT2D eigenvalue weighted by Gasteiger charge is -2.23. The van der Waals surface area contributed by atoms with Gasteiger partial charge < -0.3 is 10.1 Å². The van der Waals surface area contributed by atoms with Crippen LogP contribution in [0.5, 0.6) is 5.88 Å². The van der Waals surface area contributed by atoms with Gasteiger partial charge in [-0.05, 0) is 25.0 Å². The summed E-state index contributed by atoms with van der Waals surface area (Å²) in [4.78, 5) is 15.8. The number of piperidine rings is 1. The minimum atomic E-state index is -0.173. The maximum absolute atomic E-state index is 11.7. The summed E-state index contributed by atoms with van der Waals surface area (Å²) in [5.74, 6) is 0.302. The fraction of sp³-hybridized carbons (Fsp3) is 0.455. The van der Waals surface area contributed by atoms with Gasteiger partial charge in [0.1, 0.15) is 5.15 Å². The number of pyridine rings is 1. The summed E-state index contributed by atoms with van der Waals surface area (Å²) < 4.78 is 5.15. The van der Waals surface area contributed by atoms with Crippen molar-refractivity contribution in [3.63, 3.8) is 0 Å². The van der Waals surface area contributed by atoms with Crippen molar-refractivity contribution in [2.45, 2.75) is 18.8 Å². The number of hydrogen-bond donors (Lipinski definition) is 1. The number of hydrogen-bond acceptors (Lipinski definition) is 3. The van der Waals surface area contributed by atoms with Gasteiger partial charge in [-0.1, -0.05) is 11.6 Å². The van der Waals surface area contributed by atoms with E-state index in [2.05, 4.69) is 10.3 Å². The third-order valence-corrected chi connectivity index (χ3v) is 2.92. The van der Waals surface area contributed by atoms with Crippen molar-refractivity contribution in [3.05, 3.63) is 22.8 Å². The number of aromatic nitrogens is 1. The van der Waals surface area contributed by atoms with E-state index < -0.39 is 0 Å². The molecule has 0 radical (unpaired) electrons. The van der Waals surface area contributed by atoms with E-state index in [9.17, 15) is 4.79 Å². The molecule has 86 valence electrons. The Morgan fingerprint density at radius 2 is 2.38 bits per heavy atom. The highest BCUT2D eigenvalue weighted by atomic mass is 35.5. The van der Waals surface area contributed by atoms with Crippen molar-refractivity contribution in [2.75, 3.05) is 13.7 Å². The van der Waals surface area contributed by atoms with Crippen LogP contribution in [0, 0.1) is 0 Å². The normalized spacial score (nSPS) is 20.4. The van der Waals surface area contributed by atoms with Crippen LogP contribution >= 0.6 is 11.6 Å². The fourth-order valence-corrected chi connectivity index (χ4v) is 2.07. The molecule has 1 unspecified atom stereocenters. The molecule has 1 aliphatic heterocycles. The average molecular weight is 241 g/mol. The second-order valence-corrected chi connectivity index (χ2v) is 4.11. The number of nitrogens with zero attached hydrogens (tertiary/aromatic N) is 1. The molecule has 1 aliphatic rings. The highest BCUT2D eigenvalue weighted by Crippen LogP contribution is 2.31. The van der Waals surface area contributed by atoms with Crippen molar-refractivity contribution in [1.29, 1.82) is 0 Å². The summed E-state index contributed by atoms with van der Waals surface area (Å²) in [6, 6.07) is 3.49. The van der Waals surface area contributed by atoms with Crippen LogP contribution in [-0.2, 0) is 4.79 Å². The van der Waals surface area contributed by atoms with Crippen LogP contribution in [-0.4, -0.2) is 24.5 Å². The molecular formula is C11H13ClN2O2. The molecule has 4 nitrogen and oxygen atoms in total. The van der Waals surface area contributed by atoms with Gasteiger partial charge >= 0.3 is 0 Å². The SMILES string of the molecule is COc1nc(Cl)ccc1C1CCCNC1=O. The Morgan fingerprint density at radius 3 is 3.06 bits per heavy atom. The molecule has 0 aromatic carbocycles. The minimum absolute atomic E-state index is 0.0358. The molecule has 2 rings (SSSR count). The van der Waals surface area contributed by atoms with E-state index in [1.807, 2.05) is 6.07 Å². The number of nitrogens with one attached hydrogen (secondary N) is 1. The van der Waals surface area contributed by atoms with Crippen LogP contribution in [0.15, 0.2) is 12.1 Å². The Labute approximate surface area is 99.0 Å². The molecular weight excluding hydrogens is 228 g/mol. The Hall–Kier alpha value is -1.29. The van der Waals surface area contributed by atoms with Crippen molar-refractivity contribution in [2.24, 2.45) is 0 Å². The van der Waals surface area contributed by atoms with E-state index >= 15 is 0 Å². The van der Waals surface area contributed by atoms with Crippen molar-refractivity contribution >= 4 is 17.5 Å². The molecule has 1 N–H and O–H groups in total. The van der Waals surface area contributed by atoms with E-state index in [1.165, 1.54) is 7.11 Å².